The average molecular weight is 356 g/mol. The molecule has 0 unspecified atom stereocenters. The molecule has 0 aliphatic heterocycles. The van der Waals surface area contributed by atoms with E-state index in [1.54, 1.807) is 12.1 Å². The monoisotopic (exact) mass is 355 g/mol. The van der Waals surface area contributed by atoms with Gasteiger partial charge in [0.1, 0.15) is 18.2 Å². The van der Waals surface area contributed by atoms with E-state index >= 15 is 0 Å². The van der Waals surface area contributed by atoms with Crippen LogP contribution in [-0.4, -0.2) is 5.54 Å². The fourth-order valence-corrected chi connectivity index (χ4v) is 2.40. The van der Waals surface area contributed by atoms with Gasteiger partial charge in [-0.2, -0.15) is 0 Å². The van der Waals surface area contributed by atoms with Gasteiger partial charge in [-0.25, -0.2) is 4.39 Å². The number of hydrogen-bond donors (Lipinski definition) is 1. The molecule has 23 heavy (non-hydrogen) atoms. The molecule has 2 aromatic rings. The van der Waals surface area contributed by atoms with Crippen LogP contribution in [-0.2, 0) is 13.2 Å². The topological polar surface area (TPSA) is 21.3 Å². The minimum atomic E-state index is -0.361. The van der Waals surface area contributed by atoms with Crippen molar-refractivity contribution in [3.8, 4) is 5.75 Å². The smallest absolute Gasteiger partial charge is 0.124 e. The van der Waals surface area contributed by atoms with Crippen LogP contribution in [0.15, 0.2) is 36.4 Å². The second kappa shape index (κ2) is 7.52. The van der Waals surface area contributed by atoms with Crippen LogP contribution in [0.3, 0.4) is 0 Å². The number of rotatable bonds is 5. The molecule has 0 saturated carbocycles. The van der Waals surface area contributed by atoms with Crippen LogP contribution in [0.25, 0.3) is 0 Å². The summed E-state index contributed by atoms with van der Waals surface area (Å²) in [5.41, 5.74) is 1.68. The predicted molar refractivity (Wildman–Crippen MR) is 93.8 cm³/mol. The largest absolute Gasteiger partial charge is 0.489 e. The maximum absolute atomic E-state index is 13.1. The van der Waals surface area contributed by atoms with Crippen LogP contribution >= 0.6 is 23.2 Å². The number of hydrogen-bond acceptors (Lipinski definition) is 2. The van der Waals surface area contributed by atoms with E-state index in [0.717, 1.165) is 16.9 Å². The zero-order valence-electron chi connectivity index (χ0n) is 13.4. The molecule has 124 valence electrons. The lowest BCUT2D eigenvalue weighted by Crippen LogP contribution is -2.35. The van der Waals surface area contributed by atoms with Gasteiger partial charge in [0.05, 0.1) is 5.02 Å². The zero-order valence-corrected chi connectivity index (χ0v) is 14.9. The third-order valence-corrected chi connectivity index (χ3v) is 3.82. The van der Waals surface area contributed by atoms with E-state index in [9.17, 15) is 4.39 Å². The molecule has 0 radical (unpaired) electrons. The minimum Gasteiger partial charge on any atom is -0.489 e. The lowest BCUT2D eigenvalue weighted by molar-refractivity contribution is 0.300. The first kappa shape index (κ1) is 18.1. The summed E-state index contributed by atoms with van der Waals surface area (Å²) in [6.45, 7) is 7.18. The second-order valence-corrected chi connectivity index (χ2v) is 7.22. The fraction of sp³-hybridized carbons (Fsp3) is 0.333. The molecule has 0 saturated heterocycles. The Bertz CT molecular complexity index is 683. The first-order chi connectivity index (χ1) is 10.7. The van der Waals surface area contributed by atoms with Crippen LogP contribution in [0.4, 0.5) is 4.39 Å². The van der Waals surface area contributed by atoms with Crippen LogP contribution in [0.1, 0.15) is 31.9 Å². The van der Waals surface area contributed by atoms with Gasteiger partial charge in [-0.15, -0.1) is 0 Å². The minimum absolute atomic E-state index is 0.0140. The van der Waals surface area contributed by atoms with Crippen molar-refractivity contribution in [1.82, 2.24) is 5.32 Å². The summed E-state index contributed by atoms with van der Waals surface area (Å²) in [7, 11) is 0. The number of halogens is 3. The van der Waals surface area contributed by atoms with Gasteiger partial charge in [0.25, 0.3) is 0 Å². The van der Waals surface area contributed by atoms with E-state index in [1.807, 2.05) is 12.1 Å². The van der Waals surface area contributed by atoms with E-state index in [1.165, 1.54) is 12.1 Å². The summed E-state index contributed by atoms with van der Waals surface area (Å²) >= 11 is 12.1. The Hall–Kier alpha value is -1.29. The van der Waals surface area contributed by atoms with Gasteiger partial charge in [0.2, 0.25) is 0 Å². The van der Waals surface area contributed by atoms with E-state index in [-0.39, 0.29) is 18.0 Å². The quantitative estimate of drug-likeness (QED) is 0.753. The van der Waals surface area contributed by atoms with Crippen molar-refractivity contribution in [3.63, 3.8) is 0 Å². The van der Waals surface area contributed by atoms with Gasteiger partial charge in [-0.3, -0.25) is 0 Å². The van der Waals surface area contributed by atoms with Gasteiger partial charge in [0.15, 0.2) is 0 Å². The highest BCUT2D eigenvalue weighted by molar-refractivity contribution is 6.31. The van der Waals surface area contributed by atoms with Crippen molar-refractivity contribution in [1.29, 1.82) is 0 Å². The maximum Gasteiger partial charge on any atom is 0.124 e. The highest BCUT2D eigenvalue weighted by Crippen LogP contribution is 2.26. The molecular weight excluding hydrogens is 336 g/mol. The Morgan fingerprint density at radius 1 is 1.04 bits per heavy atom. The Labute approximate surface area is 146 Å². The lowest BCUT2D eigenvalue weighted by Gasteiger charge is -2.22. The first-order valence-corrected chi connectivity index (χ1v) is 8.10. The van der Waals surface area contributed by atoms with Gasteiger partial charge < -0.3 is 10.1 Å². The van der Waals surface area contributed by atoms with Crippen molar-refractivity contribution >= 4 is 23.2 Å². The normalized spacial score (nSPS) is 11.6. The zero-order chi connectivity index (χ0) is 17.0. The number of benzene rings is 2. The summed E-state index contributed by atoms with van der Waals surface area (Å²) in [6.07, 6.45) is 0. The maximum atomic E-state index is 13.1. The Morgan fingerprint density at radius 3 is 2.43 bits per heavy atom. The molecule has 0 amide bonds. The first-order valence-electron chi connectivity index (χ1n) is 7.35. The Morgan fingerprint density at radius 2 is 1.78 bits per heavy atom. The Balaban J connectivity index is 2.12. The molecule has 0 heterocycles. The number of ether oxygens (including phenoxy) is 1. The van der Waals surface area contributed by atoms with Gasteiger partial charge in [-0.05, 0) is 51.1 Å². The standard InChI is InChI=1S/C18H20Cl2FNO/c1-18(2,3)22-10-13-8-14(19)5-7-17(13)23-11-12-4-6-15(21)9-16(12)20/h4-9,22H,10-11H2,1-3H3. The average Bonchev–Trinajstić information content (AvgIpc) is 2.45. The van der Waals surface area contributed by atoms with Gasteiger partial charge >= 0.3 is 0 Å². The molecule has 0 bridgehead atoms. The molecule has 0 aromatic heterocycles. The molecule has 0 aliphatic carbocycles. The van der Waals surface area contributed by atoms with E-state index in [4.69, 9.17) is 27.9 Å². The highest BCUT2D eigenvalue weighted by Gasteiger charge is 2.12. The molecule has 2 aromatic carbocycles. The van der Waals surface area contributed by atoms with Crippen LogP contribution in [0, 0.1) is 5.82 Å². The van der Waals surface area contributed by atoms with Crippen LogP contribution < -0.4 is 10.1 Å². The van der Waals surface area contributed by atoms with Crippen LogP contribution in [0.5, 0.6) is 5.75 Å². The van der Waals surface area contributed by atoms with Gasteiger partial charge in [-0.1, -0.05) is 29.3 Å². The summed E-state index contributed by atoms with van der Waals surface area (Å²) in [4.78, 5) is 0. The molecular formula is C18H20Cl2FNO. The van der Waals surface area contributed by atoms with E-state index in [0.29, 0.717) is 16.6 Å². The number of nitrogens with one attached hydrogen (secondary N) is 1. The molecule has 5 heteroatoms. The van der Waals surface area contributed by atoms with Crippen molar-refractivity contribution < 1.29 is 9.13 Å². The lowest BCUT2D eigenvalue weighted by atomic mass is 10.1. The second-order valence-electron chi connectivity index (χ2n) is 6.38. The predicted octanol–water partition coefficient (Wildman–Crippen LogP) is 5.60. The molecule has 0 aliphatic rings. The highest BCUT2D eigenvalue weighted by atomic mass is 35.5. The third kappa shape index (κ3) is 5.69. The molecule has 0 spiro atoms. The van der Waals surface area contributed by atoms with Crippen molar-refractivity contribution in [3.05, 3.63) is 63.4 Å². The molecule has 1 N–H and O–H groups in total. The molecule has 2 rings (SSSR count). The summed E-state index contributed by atoms with van der Waals surface area (Å²) in [5, 5.41) is 4.42. The Kier molecular flexibility index (Phi) is 5.90. The molecule has 0 fully saturated rings. The fourth-order valence-electron chi connectivity index (χ4n) is 1.98. The van der Waals surface area contributed by atoms with Crippen LogP contribution in [0.2, 0.25) is 10.0 Å². The van der Waals surface area contributed by atoms with Crippen molar-refractivity contribution in [2.24, 2.45) is 0 Å². The molecule has 0 atom stereocenters. The summed E-state index contributed by atoms with van der Waals surface area (Å²) < 4.78 is 18.9. The summed E-state index contributed by atoms with van der Waals surface area (Å²) in [5.74, 6) is 0.367. The van der Waals surface area contributed by atoms with Crippen molar-refractivity contribution in [2.45, 2.75) is 39.5 Å². The van der Waals surface area contributed by atoms with Gasteiger partial charge in [0, 0.05) is 28.2 Å². The van der Waals surface area contributed by atoms with Crippen molar-refractivity contribution in [2.75, 3.05) is 0 Å². The molecule has 2 nitrogen and oxygen atoms in total. The third-order valence-electron chi connectivity index (χ3n) is 3.23. The van der Waals surface area contributed by atoms with E-state index in [2.05, 4.69) is 26.1 Å². The van der Waals surface area contributed by atoms with E-state index < -0.39 is 0 Å². The SMILES string of the molecule is CC(C)(C)NCc1cc(Cl)ccc1OCc1ccc(F)cc1Cl. The summed E-state index contributed by atoms with van der Waals surface area (Å²) in [6, 6.07) is 9.77.